The summed E-state index contributed by atoms with van der Waals surface area (Å²) >= 11 is 0. The lowest BCUT2D eigenvalue weighted by Crippen LogP contribution is -2.39. The Morgan fingerprint density at radius 1 is 1.19 bits per heavy atom. The van der Waals surface area contributed by atoms with Crippen LogP contribution >= 0.6 is 12.4 Å². The van der Waals surface area contributed by atoms with E-state index in [9.17, 15) is 9.59 Å². The molecule has 5 nitrogen and oxygen atoms in total. The van der Waals surface area contributed by atoms with Crippen molar-refractivity contribution in [1.29, 1.82) is 0 Å². The molecule has 0 aromatic heterocycles. The summed E-state index contributed by atoms with van der Waals surface area (Å²) in [7, 11) is 0. The summed E-state index contributed by atoms with van der Waals surface area (Å²) in [5.41, 5.74) is 2.47. The zero-order chi connectivity index (χ0) is 17.8. The summed E-state index contributed by atoms with van der Waals surface area (Å²) < 4.78 is 0. The van der Waals surface area contributed by atoms with Gasteiger partial charge in [0.05, 0.1) is 0 Å². The smallest absolute Gasteiger partial charge is 0.253 e. The fourth-order valence-corrected chi connectivity index (χ4v) is 3.81. The average molecular weight is 380 g/mol. The molecule has 26 heavy (non-hydrogen) atoms. The Labute approximate surface area is 162 Å². The largest absolute Gasteiger partial charge is 0.338 e. The molecule has 2 N–H and O–H groups in total. The standard InChI is InChI=1S/C20H29N3O2.ClH/c1-14-4-3-11-23(13-14)20(25)17-5-6-18(15(2)12-17)22-19(24)16-7-9-21-10-8-16;/h5-6,12,14,16,21H,3-4,7-11,13H2,1-2H3,(H,22,24);1H. The number of likely N-dealkylation sites (tertiary alicyclic amines) is 1. The number of aryl methyl sites for hydroxylation is 1. The molecule has 0 bridgehead atoms. The maximum absolute atomic E-state index is 12.7. The molecule has 6 heteroatoms. The molecule has 0 radical (unpaired) electrons. The van der Waals surface area contributed by atoms with E-state index < -0.39 is 0 Å². The van der Waals surface area contributed by atoms with Crippen molar-refractivity contribution in [3.63, 3.8) is 0 Å². The molecule has 144 valence electrons. The SMILES string of the molecule is Cc1cc(C(=O)N2CCCC(C)C2)ccc1NC(=O)C1CCNCC1.Cl. The third-order valence-corrected chi connectivity index (χ3v) is 5.39. The van der Waals surface area contributed by atoms with Gasteiger partial charge < -0.3 is 15.5 Å². The number of piperidine rings is 2. The highest BCUT2D eigenvalue weighted by Gasteiger charge is 2.24. The molecule has 0 saturated carbocycles. The van der Waals surface area contributed by atoms with Crippen LogP contribution in [0.5, 0.6) is 0 Å². The van der Waals surface area contributed by atoms with Crippen molar-refractivity contribution < 1.29 is 9.59 Å². The molecular formula is C20H30ClN3O2. The van der Waals surface area contributed by atoms with E-state index in [1.807, 2.05) is 30.0 Å². The van der Waals surface area contributed by atoms with Gasteiger partial charge in [-0.25, -0.2) is 0 Å². The topological polar surface area (TPSA) is 61.4 Å². The molecule has 1 atom stereocenters. The second-order valence-corrected chi connectivity index (χ2v) is 7.54. The fraction of sp³-hybridized carbons (Fsp3) is 0.600. The van der Waals surface area contributed by atoms with Crippen LogP contribution in [0.2, 0.25) is 0 Å². The first kappa shape index (κ1) is 20.7. The van der Waals surface area contributed by atoms with Gasteiger partial charge in [-0.3, -0.25) is 9.59 Å². The molecule has 2 heterocycles. The lowest BCUT2D eigenvalue weighted by molar-refractivity contribution is -0.120. The third kappa shape index (κ3) is 4.98. The summed E-state index contributed by atoms with van der Waals surface area (Å²) in [5.74, 6) is 0.846. The van der Waals surface area contributed by atoms with Gasteiger partial charge in [0.1, 0.15) is 0 Å². The molecule has 1 aromatic rings. The number of hydrogen-bond acceptors (Lipinski definition) is 3. The van der Waals surface area contributed by atoms with Gasteiger partial charge >= 0.3 is 0 Å². The molecule has 1 aromatic carbocycles. The molecule has 3 rings (SSSR count). The Kier molecular flexibility index (Phi) is 7.47. The third-order valence-electron chi connectivity index (χ3n) is 5.39. The maximum Gasteiger partial charge on any atom is 0.253 e. The normalized spacial score (nSPS) is 21.0. The van der Waals surface area contributed by atoms with E-state index in [1.54, 1.807) is 0 Å². The number of hydrogen-bond donors (Lipinski definition) is 2. The van der Waals surface area contributed by atoms with Crippen molar-refractivity contribution in [3.8, 4) is 0 Å². The Morgan fingerprint density at radius 2 is 1.92 bits per heavy atom. The zero-order valence-electron chi connectivity index (χ0n) is 15.7. The number of anilines is 1. The molecule has 0 aliphatic carbocycles. The highest BCUT2D eigenvalue weighted by molar-refractivity contribution is 5.97. The van der Waals surface area contributed by atoms with Crippen molar-refractivity contribution in [2.75, 3.05) is 31.5 Å². The highest BCUT2D eigenvalue weighted by Crippen LogP contribution is 2.22. The van der Waals surface area contributed by atoms with Crippen LogP contribution in [0.15, 0.2) is 18.2 Å². The van der Waals surface area contributed by atoms with Gasteiger partial charge in [-0.2, -0.15) is 0 Å². The van der Waals surface area contributed by atoms with Gasteiger partial charge in [0.25, 0.3) is 5.91 Å². The van der Waals surface area contributed by atoms with Gasteiger partial charge in [0, 0.05) is 30.3 Å². The Morgan fingerprint density at radius 3 is 2.58 bits per heavy atom. The van der Waals surface area contributed by atoms with Gasteiger partial charge in [-0.15, -0.1) is 12.4 Å². The van der Waals surface area contributed by atoms with Crippen LogP contribution < -0.4 is 10.6 Å². The van der Waals surface area contributed by atoms with Gasteiger partial charge in [0.2, 0.25) is 5.91 Å². The van der Waals surface area contributed by atoms with Crippen molar-refractivity contribution in [2.45, 2.75) is 39.5 Å². The minimum absolute atomic E-state index is 0. The summed E-state index contributed by atoms with van der Waals surface area (Å²) in [5, 5.41) is 6.32. The first-order chi connectivity index (χ1) is 12.0. The molecular weight excluding hydrogens is 350 g/mol. The second kappa shape index (κ2) is 9.38. The second-order valence-electron chi connectivity index (χ2n) is 7.54. The van der Waals surface area contributed by atoms with E-state index in [2.05, 4.69) is 17.6 Å². The number of amides is 2. The molecule has 2 saturated heterocycles. The zero-order valence-corrected chi connectivity index (χ0v) is 16.5. The maximum atomic E-state index is 12.7. The molecule has 0 spiro atoms. The van der Waals surface area contributed by atoms with Crippen LogP contribution in [0.1, 0.15) is 48.5 Å². The lowest BCUT2D eigenvalue weighted by atomic mass is 9.97. The van der Waals surface area contributed by atoms with E-state index in [0.29, 0.717) is 11.5 Å². The van der Waals surface area contributed by atoms with Crippen molar-refractivity contribution in [1.82, 2.24) is 10.2 Å². The van der Waals surface area contributed by atoms with E-state index in [1.165, 1.54) is 6.42 Å². The summed E-state index contributed by atoms with van der Waals surface area (Å²) in [6.45, 7) is 7.64. The van der Waals surface area contributed by atoms with Crippen molar-refractivity contribution in [3.05, 3.63) is 29.3 Å². The van der Waals surface area contributed by atoms with Crippen LogP contribution in [-0.2, 0) is 4.79 Å². The van der Waals surface area contributed by atoms with Crippen LogP contribution in [-0.4, -0.2) is 42.9 Å². The van der Waals surface area contributed by atoms with E-state index in [4.69, 9.17) is 0 Å². The molecule has 1 unspecified atom stereocenters. The molecule has 2 amide bonds. The Bertz CT molecular complexity index is 644. The Balaban J connectivity index is 0.00000243. The first-order valence-electron chi connectivity index (χ1n) is 9.46. The minimum atomic E-state index is 0. The van der Waals surface area contributed by atoms with Crippen LogP contribution in [0.25, 0.3) is 0 Å². The molecule has 2 fully saturated rings. The van der Waals surface area contributed by atoms with Gasteiger partial charge in [0.15, 0.2) is 0 Å². The predicted molar refractivity (Wildman–Crippen MR) is 107 cm³/mol. The lowest BCUT2D eigenvalue weighted by Gasteiger charge is -2.31. The Hall–Kier alpha value is -1.59. The van der Waals surface area contributed by atoms with E-state index in [-0.39, 0.29) is 30.1 Å². The molecule has 2 aliphatic heterocycles. The summed E-state index contributed by atoms with van der Waals surface area (Å²) in [6, 6.07) is 5.61. The number of benzene rings is 1. The summed E-state index contributed by atoms with van der Waals surface area (Å²) in [4.78, 5) is 27.1. The monoisotopic (exact) mass is 379 g/mol. The van der Waals surface area contributed by atoms with E-state index >= 15 is 0 Å². The van der Waals surface area contributed by atoms with Gasteiger partial charge in [-0.1, -0.05) is 6.92 Å². The average Bonchev–Trinajstić information content (AvgIpc) is 2.63. The predicted octanol–water partition coefficient (Wildman–Crippen LogP) is 3.23. The number of rotatable bonds is 3. The summed E-state index contributed by atoms with van der Waals surface area (Å²) in [6.07, 6.45) is 4.05. The minimum Gasteiger partial charge on any atom is -0.338 e. The van der Waals surface area contributed by atoms with E-state index in [0.717, 1.165) is 56.7 Å². The number of carbonyl (C=O) groups excluding carboxylic acids is 2. The number of halogens is 1. The number of nitrogens with one attached hydrogen (secondary N) is 2. The van der Waals surface area contributed by atoms with Crippen LogP contribution in [0, 0.1) is 18.8 Å². The van der Waals surface area contributed by atoms with Crippen LogP contribution in [0.4, 0.5) is 5.69 Å². The quantitative estimate of drug-likeness (QED) is 0.847. The molecule has 2 aliphatic rings. The fourth-order valence-electron chi connectivity index (χ4n) is 3.81. The van der Waals surface area contributed by atoms with Crippen molar-refractivity contribution in [2.24, 2.45) is 11.8 Å². The van der Waals surface area contributed by atoms with Crippen LogP contribution in [0.3, 0.4) is 0 Å². The van der Waals surface area contributed by atoms with Crippen molar-refractivity contribution >= 4 is 29.9 Å². The first-order valence-corrected chi connectivity index (χ1v) is 9.46. The van der Waals surface area contributed by atoms with Gasteiger partial charge in [-0.05, 0) is 75.4 Å². The number of nitrogens with zero attached hydrogens (tertiary/aromatic N) is 1. The number of carbonyl (C=O) groups is 2. The highest BCUT2D eigenvalue weighted by atomic mass is 35.5.